The minimum absolute atomic E-state index is 0.158. The number of carboxylic acids is 1. The number of ether oxygens (including phenoxy) is 4. The summed E-state index contributed by atoms with van der Waals surface area (Å²) in [7, 11) is -5.36. The third kappa shape index (κ3) is 28.2. The van der Waals surface area contributed by atoms with Gasteiger partial charge in [0.05, 0.1) is 38.6 Å². The molecule has 2 aliphatic heterocycles. The molecule has 12 atom stereocenters. The standard InChI is InChI=1S/C54H101N2O19P/c1-4-7-10-13-16-19-22-25-28-31-39(58)34-44(60)56-54(36-45(61)62)51(66)48(64)42(74-53(54)67)38-71-52-47(49(65)50(41(37-57)73-52)75-76(68,69)70)55-43(59)35-40(32-29-26-23-20-17-14-11-8-5-2)72-46(63)33-30-27-24-21-18-15-12-9-6-3/h39-42,47-53,57-58,64-67H,4-38H2,1-3H3,(H,55,59)(H,56,60)(H,61,62)(H2,68,69,70)/t39-,40-,41-,42-,47-,48-,49-,50-,51+,52-,53+,54?/m1/s1. The van der Waals surface area contributed by atoms with Crippen LogP contribution >= 0.6 is 7.82 Å². The highest BCUT2D eigenvalue weighted by molar-refractivity contribution is 7.46. The molecule has 22 heteroatoms. The lowest BCUT2D eigenvalue weighted by Crippen LogP contribution is -2.74. The Labute approximate surface area is 452 Å². The number of esters is 1. The van der Waals surface area contributed by atoms with Gasteiger partial charge in [0, 0.05) is 6.42 Å². The number of hydrogen-bond donors (Lipinski definition) is 11. The van der Waals surface area contributed by atoms with Crippen LogP contribution in [0.15, 0.2) is 0 Å². The normalized spacial score (nSPS) is 25.7. The maximum Gasteiger partial charge on any atom is 0.470 e. The van der Waals surface area contributed by atoms with Crippen molar-refractivity contribution in [3.8, 4) is 0 Å². The van der Waals surface area contributed by atoms with E-state index in [2.05, 4.69) is 31.4 Å². The lowest BCUT2D eigenvalue weighted by Gasteiger charge is -2.49. The topological polar surface area (TPSA) is 338 Å². The van der Waals surface area contributed by atoms with Crippen LogP contribution in [-0.4, -0.2) is 155 Å². The molecular formula is C54H101N2O19P. The van der Waals surface area contributed by atoms with Crippen LogP contribution in [0.25, 0.3) is 0 Å². The van der Waals surface area contributed by atoms with Crippen LogP contribution in [0.1, 0.15) is 233 Å². The van der Waals surface area contributed by atoms with Crippen molar-refractivity contribution in [3.05, 3.63) is 0 Å². The lowest BCUT2D eigenvalue weighted by atomic mass is 9.80. The van der Waals surface area contributed by atoms with Gasteiger partial charge >= 0.3 is 19.8 Å². The Balaban J connectivity index is 2.20. The van der Waals surface area contributed by atoms with Gasteiger partial charge in [-0.2, -0.15) is 0 Å². The molecule has 0 bridgehead atoms. The monoisotopic (exact) mass is 1110 g/mol. The minimum Gasteiger partial charge on any atom is -0.481 e. The Kier molecular flexibility index (Phi) is 36.6. The summed E-state index contributed by atoms with van der Waals surface area (Å²) in [4.78, 5) is 71.8. The molecule has 446 valence electrons. The number of amides is 2. The number of carboxylic acid groups (broad SMARTS) is 1. The smallest absolute Gasteiger partial charge is 0.470 e. The van der Waals surface area contributed by atoms with E-state index in [1.807, 2.05) is 0 Å². The van der Waals surface area contributed by atoms with Crippen LogP contribution in [0.4, 0.5) is 0 Å². The first kappa shape index (κ1) is 69.7. The maximum absolute atomic E-state index is 13.9. The second-order valence-electron chi connectivity index (χ2n) is 21.3. The van der Waals surface area contributed by atoms with E-state index in [9.17, 15) is 69.3 Å². The van der Waals surface area contributed by atoms with Crippen molar-refractivity contribution in [1.29, 1.82) is 0 Å². The Morgan fingerprint density at radius 3 is 1.61 bits per heavy atom. The summed E-state index contributed by atoms with van der Waals surface area (Å²) in [6.07, 6.45) is 9.16. The number of aliphatic hydroxyl groups is 6. The van der Waals surface area contributed by atoms with Gasteiger partial charge in [-0.25, -0.2) is 4.57 Å². The molecule has 76 heavy (non-hydrogen) atoms. The summed E-state index contributed by atoms with van der Waals surface area (Å²) in [6.45, 7) is 4.69. The second kappa shape index (κ2) is 39.9. The third-order valence-electron chi connectivity index (χ3n) is 14.5. The average Bonchev–Trinajstić information content (AvgIpc) is 3.35. The molecule has 0 radical (unpaired) electrons. The van der Waals surface area contributed by atoms with E-state index in [-0.39, 0.29) is 19.3 Å². The number of phosphoric acid groups is 1. The molecule has 0 aromatic rings. The highest BCUT2D eigenvalue weighted by atomic mass is 31.2. The number of carbonyl (C=O) groups excluding carboxylic acids is 3. The number of aliphatic hydroxyl groups excluding tert-OH is 6. The fourth-order valence-corrected chi connectivity index (χ4v) is 10.7. The highest BCUT2D eigenvalue weighted by Crippen LogP contribution is 2.42. The van der Waals surface area contributed by atoms with Crippen LogP contribution in [0.3, 0.4) is 0 Å². The number of phosphoric ester groups is 1. The first-order chi connectivity index (χ1) is 36.3. The van der Waals surface area contributed by atoms with Gasteiger partial charge in [0.25, 0.3) is 0 Å². The molecule has 11 N–H and O–H groups in total. The van der Waals surface area contributed by atoms with Crippen molar-refractivity contribution < 1.29 is 92.7 Å². The summed E-state index contributed by atoms with van der Waals surface area (Å²) < 4.78 is 39.9. The van der Waals surface area contributed by atoms with Crippen molar-refractivity contribution in [2.24, 2.45) is 0 Å². The van der Waals surface area contributed by atoms with Crippen molar-refractivity contribution in [2.75, 3.05) is 13.2 Å². The zero-order valence-corrected chi connectivity index (χ0v) is 47.0. The maximum atomic E-state index is 13.9. The van der Waals surface area contributed by atoms with E-state index in [0.29, 0.717) is 25.7 Å². The summed E-state index contributed by atoms with van der Waals surface area (Å²) >= 11 is 0. The van der Waals surface area contributed by atoms with Gasteiger partial charge in [-0.15, -0.1) is 0 Å². The third-order valence-corrected chi connectivity index (χ3v) is 15.1. The van der Waals surface area contributed by atoms with Crippen molar-refractivity contribution in [1.82, 2.24) is 10.6 Å². The first-order valence-electron chi connectivity index (χ1n) is 29.0. The molecule has 2 fully saturated rings. The molecule has 0 spiro atoms. The van der Waals surface area contributed by atoms with Crippen molar-refractivity contribution in [3.63, 3.8) is 0 Å². The van der Waals surface area contributed by atoms with E-state index in [1.54, 1.807) is 0 Å². The number of aliphatic carboxylic acids is 1. The van der Waals surface area contributed by atoms with E-state index in [4.69, 9.17) is 23.5 Å². The van der Waals surface area contributed by atoms with E-state index in [0.717, 1.165) is 89.9 Å². The fourth-order valence-electron chi connectivity index (χ4n) is 10.1. The van der Waals surface area contributed by atoms with Crippen molar-refractivity contribution in [2.45, 2.75) is 306 Å². The molecule has 2 saturated heterocycles. The number of hydrogen-bond acceptors (Lipinski definition) is 16. The van der Waals surface area contributed by atoms with Gasteiger partial charge in [0.1, 0.15) is 54.3 Å². The van der Waals surface area contributed by atoms with Crippen LogP contribution < -0.4 is 10.6 Å². The van der Waals surface area contributed by atoms with Gasteiger partial charge in [-0.1, -0.05) is 181 Å². The largest absolute Gasteiger partial charge is 0.481 e. The van der Waals surface area contributed by atoms with Crippen LogP contribution in [0, 0.1) is 0 Å². The number of unbranched alkanes of at least 4 members (excludes halogenated alkanes) is 24. The molecule has 2 heterocycles. The summed E-state index contributed by atoms with van der Waals surface area (Å²) in [5.74, 6) is -3.78. The Morgan fingerprint density at radius 1 is 0.632 bits per heavy atom. The first-order valence-corrected chi connectivity index (χ1v) is 30.5. The molecule has 21 nitrogen and oxygen atoms in total. The van der Waals surface area contributed by atoms with Gasteiger partial charge in [0.15, 0.2) is 12.6 Å². The average molecular weight is 1110 g/mol. The van der Waals surface area contributed by atoms with Crippen LogP contribution in [0.2, 0.25) is 0 Å². The Hall–Kier alpha value is -2.37. The van der Waals surface area contributed by atoms with Crippen LogP contribution in [-0.2, 0) is 47.2 Å². The molecule has 0 saturated carbocycles. The van der Waals surface area contributed by atoms with Gasteiger partial charge < -0.3 is 75.1 Å². The lowest BCUT2D eigenvalue weighted by molar-refractivity contribution is -0.310. The highest BCUT2D eigenvalue weighted by Gasteiger charge is 2.58. The summed E-state index contributed by atoms with van der Waals surface area (Å²) in [5, 5.41) is 81.2. The molecular weight excluding hydrogens is 1010 g/mol. The predicted molar refractivity (Wildman–Crippen MR) is 283 cm³/mol. The predicted octanol–water partition coefficient (Wildman–Crippen LogP) is 6.63. The Morgan fingerprint density at radius 2 is 1.12 bits per heavy atom. The Bertz CT molecular complexity index is 1630. The molecule has 2 aliphatic rings. The van der Waals surface area contributed by atoms with E-state index in [1.165, 1.54) is 64.2 Å². The number of carbonyl (C=O) groups is 4. The molecule has 2 amide bonds. The molecule has 0 aliphatic carbocycles. The molecule has 2 rings (SSSR count). The van der Waals surface area contributed by atoms with E-state index >= 15 is 0 Å². The van der Waals surface area contributed by atoms with Crippen LogP contribution in [0.5, 0.6) is 0 Å². The minimum atomic E-state index is -5.36. The van der Waals surface area contributed by atoms with Gasteiger partial charge in [0.2, 0.25) is 11.8 Å². The quantitative estimate of drug-likeness (QED) is 0.0173. The summed E-state index contributed by atoms with van der Waals surface area (Å²) in [6, 6.07) is -1.72. The van der Waals surface area contributed by atoms with Crippen molar-refractivity contribution >= 4 is 31.6 Å². The second-order valence-corrected chi connectivity index (χ2v) is 22.5. The fraction of sp³-hybridized carbons (Fsp3) is 0.926. The molecule has 0 aromatic carbocycles. The van der Waals surface area contributed by atoms with E-state index < -0.39 is 131 Å². The summed E-state index contributed by atoms with van der Waals surface area (Å²) in [5.41, 5.74) is -2.51. The molecule has 0 aromatic heterocycles. The van der Waals surface area contributed by atoms with Gasteiger partial charge in [-0.05, 0) is 25.7 Å². The SMILES string of the molecule is CCCCCCCCCCCC(=O)O[C@H](CCCCCCCCCCC)CC(=O)N[C@H]1[C@H](OC[C@H]2O[C@H](O)C(CC(=O)O)(NC(=O)C[C@H](O)CCCCCCCCCCC)[C@@H](O)[C@@H]2O)O[C@H](CO)[C@@H](OP(=O)(O)O)[C@@H]1O. The molecule has 1 unspecified atom stereocenters. The zero-order valence-electron chi connectivity index (χ0n) is 46.2. The zero-order chi connectivity index (χ0) is 56.4. The number of nitrogens with one attached hydrogen (secondary N) is 2. The van der Waals surface area contributed by atoms with Gasteiger partial charge in [-0.3, -0.25) is 23.7 Å². The number of rotatable bonds is 45.